The Hall–Kier alpha value is -11.8. The molecule has 0 saturated carbocycles. The van der Waals surface area contributed by atoms with Crippen LogP contribution in [0.25, 0.3) is 197 Å². The molecule has 0 fully saturated rings. The van der Waals surface area contributed by atoms with Gasteiger partial charge in [-0.1, -0.05) is 261 Å². The van der Waals surface area contributed by atoms with E-state index in [0.29, 0.717) is 0 Å². The lowest BCUT2D eigenvalue weighted by Crippen LogP contribution is -1.93. The van der Waals surface area contributed by atoms with Crippen LogP contribution in [0.3, 0.4) is 0 Å². The normalized spacial score (nSPS) is 12.0. The first-order valence-corrected chi connectivity index (χ1v) is 31.0. The molecule has 2 heteroatoms. The number of fused-ring (bicyclic) bond motifs is 15. The van der Waals surface area contributed by atoms with Crippen LogP contribution in [0.15, 0.2) is 324 Å². The summed E-state index contributed by atoms with van der Waals surface area (Å²) in [6, 6.07) is 116. The van der Waals surface area contributed by atoms with Gasteiger partial charge < -0.3 is 8.83 Å². The van der Waals surface area contributed by atoms with E-state index < -0.39 is 0 Å². The molecular weight excluding hydrogens is 1090 g/mol. The summed E-state index contributed by atoms with van der Waals surface area (Å²) in [4.78, 5) is 0. The SMILES string of the molecule is c1ccc(-c2ccc(-c3c4ccccc4c(-c4ccc5c(c4)oc4c6ccccc6ccc54)c4cc(-c5ccc6c(-c7cccc(-c8cccc9ccccc89)c7)c7ccccc7c(-c7ccc8c(c7)oc7c9ccccc9ccc87)c6c5)ccc34)cc2)cc1. The summed E-state index contributed by atoms with van der Waals surface area (Å²) in [6.45, 7) is 0. The van der Waals surface area contributed by atoms with Gasteiger partial charge >= 0.3 is 0 Å². The van der Waals surface area contributed by atoms with Crippen LogP contribution in [0.4, 0.5) is 0 Å². The Morgan fingerprint density at radius 1 is 0.156 bits per heavy atom. The molecule has 0 spiro atoms. The molecule has 0 aliphatic rings. The maximum atomic E-state index is 6.96. The Bertz CT molecular complexity index is 6190. The van der Waals surface area contributed by atoms with Gasteiger partial charge in [-0.3, -0.25) is 0 Å². The molecule has 0 amide bonds. The zero-order valence-electron chi connectivity index (χ0n) is 48.8. The average molecular weight is 1140 g/mol. The van der Waals surface area contributed by atoms with E-state index in [0.717, 1.165) is 82.3 Å². The van der Waals surface area contributed by atoms with Crippen LogP contribution in [0.2, 0.25) is 0 Å². The molecule has 90 heavy (non-hydrogen) atoms. The van der Waals surface area contributed by atoms with Crippen LogP contribution in [-0.2, 0) is 0 Å². The third kappa shape index (κ3) is 7.78. The van der Waals surface area contributed by atoms with Gasteiger partial charge in [0.25, 0.3) is 0 Å². The van der Waals surface area contributed by atoms with E-state index in [1.165, 1.54) is 115 Å². The maximum Gasteiger partial charge on any atom is 0.143 e. The van der Waals surface area contributed by atoms with Gasteiger partial charge in [-0.25, -0.2) is 0 Å². The van der Waals surface area contributed by atoms with Crippen molar-refractivity contribution in [2.45, 2.75) is 0 Å². The molecular formula is C88H52O2. The zero-order valence-corrected chi connectivity index (χ0v) is 48.8. The topological polar surface area (TPSA) is 26.3 Å². The van der Waals surface area contributed by atoms with Crippen molar-refractivity contribution in [1.29, 1.82) is 0 Å². The summed E-state index contributed by atoms with van der Waals surface area (Å²) in [5.41, 5.74) is 19.9. The molecule has 2 aromatic heterocycles. The van der Waals surface area contributed by atoms with Crippen LogP contribution in [0.5, 0.6) is 0 Å². The van der Waals surface area contributed by atoms with Crippen molar-refractivity contribution in [2.75, 3.05) is 0 Å². The summed E-state index contributed by atoms with van der Waals surface area (Å²) < 4.78 is 13.9. The Balaban J connectivity index is 0.866. The fourth-order valence-corrected chi connectivity index (χ4v) is 15.1. The van der Waals surface area contributed by atoms with Crippen molar-refractivity contribution in [3.8, 4) is 77.9 Å². The predicted molar refractivity (Wildman–Crippen MR) is 382 cm³/mol. The van der Waals surface area contributed by atoms with Gasteiger partial charge in [0.05, 0.1) is 0 Å². The fraction of sp³-hybridized carbons (Fsp3) is 0. The van der Waals surface area contributed by atoms with Gasteiger partial charge in [-0.05, 0) is 197 Å². The molecule has 0 saturated heterocycles. The van der Waals surface area contributed by atoms with E-state index in [1.807, 2.05) is 0 Å². The second kappa shape index (κ2) is 19.8. The minimum absolute atomic E-state index is 0.869. The second-order valence-corrected chi connectivity index (χ2v) is 24.1. The monoisotopic (exact) mass is 1140 g/mol. The van der Waals surface area contributed by atoms with Crippen molar-refractivity contribution in [3.05, 3.63) is 315 Å². The molecule has 0 radical (unpaired) electrons. The van der Waals surface area contributed by atoms with Crippen molar-refractivity contribution >= 4 is 119 Å². The van der Waals surface area contributed by atoms with Crippen LogP contribution in [0, 0.1) is 0 Å². The van der Waals surface area contributed by atoms with Crippen LogP contribution in [0.1, 0.15) is 0 Å². The predicted octanol–water partition coefficient (Wildman–Crippen LogP) is 25.2. The number of hydrogen-bond donors (Lipinski definition) is 0. The van der Waals surface area contributed by atoms with Crippen molar-refractivity contribution < 1.29 is 8.83 Å². The van der Waals surface area contributed by atoms with Crippen molar-refractivity contribution in [1.82, 2.24) is 0 Å². The van der Waals surface area contributed by atoms with Crippen molar-refractivity contribution in [3.63, 3.8) is 0 Å². The van der Waals surface area contributed by atoms with Gasteiger partial charge in [0.2, 0.25) is 0 Å². The summed E-state index contributed by atoms with van der Waals surface area (Å²) >= 11 is 0. The molecule has 0 N–H and O–H groups in total. The number of rotatable bonds is 7. The minimum Gasteiger partial charge on any atom is -0.455 e. The highest BCUT2D eigenvalue weighted by molar-refractivity contribution is 6.26. The van der Waals surface area contributed by atoms with E-state index in [4.69, 9.17) is 8.83 Å². The third-order valence-corrected chi connectivity index (χ3v) is 19.2. The Kier molecular flexibility index (Phi) is 11.1. The summed E-state index contributed by atoms with van der Waals surface area (Å²) in [5, 5.41) is 20.9. The lowest BCUT2D eigenvalue weighted by Gasteiger charge is -2.20. The zero-order chi connectivity index (χ0) is 59.0. The van der Waals surface area contributed by atoms with E-state index >= 15 is 0 Å². The molecule has 0 atom stereocenters. The smallest absolute Gasteiger partial charge is 0.143 e. The van der Waals surface area contributed by atoms with Crippen LogP contribution >= 0.6 is 0 Å². The van der Waals surface area contributed by atoms with Gasteiger partial charge in [-0.15, -0.1) is 0 Å². The molecule has 17 aromatic carbocycles. The molecule has 2 nitrogen and oxygen atoms in total. The fourth-order valence-electron chi connectivity index (χ4n) is 15.1. The van der Waals surface area contributed by atoms with Gasteiger partial charge in [0.15, 0.2) is 0 Å². The first-order valence-electron chi connectivity index (χ1n) is 31.0. The highest BCUT2D eigenvalue weighted by atomic mass is 16.3. The summed E-state index contributed by atoms with van der Waals surface area (Å²) in [6.07, 6.45) is 0. The van der Waals surface area contributed by atoms with E-state index in [9.17, 15) is 0 Å². The van der Waals surface area contributed by atoms with Crippen molar-refractivity contribution in [2.24, 2.45) is 0 Å². The molecule has 416 valence electrons. The third-order valence-electron chi connectivity index (χ3n) is 19.2. The molecule has 2 heterocycles. The van der Waals surface area contributed by atoms with E-state index in [-0.39, 0.29) is 0 Å². The standard InChI is InChI=1S/C88H52O2/c1-2-16-53(17-3-1)54-32-34-58(35-33-54)83-71-27-10-12-29-73(71)85(63-40-42-69-77-46-36-56-19-5-8-25-67(56)87(77)89-81(69)51-63)79-49-59(38-44-75(79)83)60-39-45-76-80(50-60)86(64-41-43-70-78-47-37-57-20-6-9-26-68(57)88(78)90-82(70)52-64)74-30-13-11-28-72(74)84(76)62-23-14-22-61(48-62)66-31-15-21-55-18-4-7-24-65(55)66/h1-52H. The van der Waals surface area contributed by atoms with E-state index in [1.54, 1.807) is 0 Å². The molecule has 0 unspecified atom stereocenters. The van der Waals surface area contributed by atoms with E-state index in [2.05, 4.69) is 315 Å². The maximum absolute atomic E-state index is 6.96. The van der Waals surface area contributed by atoms with Crippen LogP contribution in [-0.4, -0.2) is 0 Å². The highest BCUT2D eigenvalue weighted by Crippen LogP contribution is 2.50. The number of hydrogen-bond acceptors (Lipinski definition) is 2. The molecule has 19 rings (SSSR count). The Morgan fingerprint density at radius 3 is 1.03 bits per heavy atom. The second-order valence-electron chi connectivity index (χ2n) is 24.1. The van der Waals surface area contributed by atoms with Gasteiger partial charge in [0.1, 0.15) is 22.3 Å². The Labute approximate surface area is 518 Å². The first-order chi connectivity index (χ1) is 44.6. The number of furan rings is 2. The lowest BCUT2D eigenvalue weighted by atomic mass is 9.83. The highest BCUT2D eigenvalue weighted by Gasteiger charge is 2.23. The van der Waals surface area contributed by atoms with Crippen LogP contribution < -0.4 is 0 Å². The van der Waals surface area contributed by atoms with Gasteiger partial charge in [0, 0.05) is 32.3 Å². The largest absolute Gasteiger partial charge is 0.455 e. The summed E-state index contributed by atoms with van der Waals surface area (Å²) in [7, 11) is 0. The molecule has 0 bridgehead atoms. The molecule has 0 aliphatic heterocycles. The van der Waals surface area contributed by atoms with Gasteiger partial charge in [-0.2, -0.15) is 0 Å². The lowest BCUT2D eigenvalue weighted by molar-refractivity contribution is 0.672. The first kappa shape index (κ1) is 50.3. The average Bonchev–Trinajstić information content (AvgIpc) is 0.880. The molecule has 19 aromatic rings. The number of benzene rings is 17. The Morgan fingerprint density at radius 2 is 0.489 bits per heavy atom. The summed E-state index contributed by atoms with van der Waals surface area (Å²) in [5.74, 6) is 0. The minimum atomic E-state index is 0.869. The quantitative estimate of drug-likeness (QED) is 0.149. The molecule has 0 aliphatic carbocycles.